The minimum atomic E-state index is -5.47. The van der Waals surface area contributed by atoms with Crippen molar-refractivity contribution in [3.05, 3.63) is 106 Å². The number of rotatable bonds is 34. The summed E-state index contributed by atoms with van der Waals surface area (Å²) in [6.07, 6.45) is 6.92. The van der Waals surface area contributed by atoms with Gasteiger partial charge in [-0.05, 0) is 134 Å². The first-order chi connectivity index (χ1) is 44.6. The number of halogens is 1. The Hall–Kier alpha value is -5.96. The van der Waals surface area contributed by atoms with Gasteiger partial charge in [0.15, 0.2) is 12.3 Å². The van der Waals surface area contributed by atoms with Crippen molar-refractivity contribution in [1.82, 2.24) is 5.06 Å². The van der Waals surface area contributed by atoms with Crippen molar-refractivity contribution in [3.8, 4) is 0 Å². The number of imide groups is 1. The Balaban J connectivity index is 1.27. The van der Waals surface area contributed by atoms with Gasteiger partial charge >= 0.3 is 5.97 Å². The fourth-order valence-corrected chi connectivity index (χ4v) is 15.9. The van der Waals surface area contributed by atoms with E-state index in [0.717, 1.165) is 12.1 Å². The van der Waals surface area contributed by atoms with Gasteiger partial charge < -0.3 is 60.9 Å². The van der Waals surface area contributed by atoms with Gasteiger partial charge in [0.1, 0.15) is 47.1 Å². The minimum absolute atomic E-state index is 0.0217. The van der Waals surface area contributed by atoms with Gasteiger partial charge in [-0.2, -0.15) is 4.58 Å². The van der Waals surface area contributed by atoms with Gasteiger partial charge in [-0.3, -0.25) is 9.59 Å². The summed E-state index contributed by atoms with van der Waals surface area (Å²) in [6, 6.07) is 8.49. The van der Waals surface area contributed by atoms with Crippen LogP contribution >= 0.6 is 11.6 Å². The number of methoxy groups -OCH3 is 2. The summed E-state index contributed by atoms with van der Waals surface area (Å²) in [6.45, 7) is 5.21. The molecule has 3 heterocycles. The highest BCUT2D eigenvalue weighted by atomic mass is 35.5. The summed E-state index contributed by atoms with van der Waals surface area (Å²) in [5.74, 6) is -3.19. The van der Waals surface area contributed by atoms with E-state index in [1.807, 2.05) is 0 Å². The maximum absolute atomic E-state index is 13.3. The molecule has 3 aliphatic heterocycles. The summed E-state index contributed by atoms with van der Waals surface area (Å²) in [7, 11) is -23.6. The zero-order valence-corrected chi connectivity index (χ0v) is 57.0. The maximum atomic E-state index is 13.3. The smallest absolute Gasteiger partial charge is 0.333 e. The second-order valence-electron chi connectivity index (χ2n) is 23.1. The molecule has 4 aromatic carbocycles. The highest BCUT2D eigenvalue weighted by molar-refractivity contribution is 7.87. The molecule has 0 aromatic heterocycles. The minimum Gasteiger partial charge on any atom is -0.748 e. The molecule has 2 atom stereocenters. The third kappa shape index (κ3) is 17.7. The number of benzene rings is 4. The van der Waals surface area contributed by atoms with Crippen molar-refractivity contribution in [2.75, 3.05) is 104 Å². The average molecular weight is 1440 g/mol. The van der Waals surface area contributed by atoms with Crippen molar-refractivity contribution in [3.63, 3.8) is 0 Å². The van der Waals surface area contributed by atoms with Crippen LogP contribution in [0.25, 0.3) is 21.5 Å². The molecule has 4 aliphatic rings. The van der Waals surface area contributed by atoms with Gasteiger partial charge in [0.2, 0.25) is 5.69 Å². The van der Waals surface area contributed by atoms with Gasteiger partial charge in [-0.1, -0.05) is 29.8 Å². The largest absolute Gasteiger partial charge is 0.748 e. The standard InChI is InChI=1S/C61H74ClN3O25S5/c1-60(21-7-35-91(69,70)71)52(64(24-26-87-29-27-84-3)49-16-14-44-46(57(49)60)36-42(92(72,73)74)38-50(44)94(78,79)80)17-11-40-8-5-9-41(59(40)62)12-18-53-61(2,22-25-86-31-32-89-34-33-88-30-28-85-4)58-47-37-43(93(75,76)77)39-51(95(81,82)83)45(47)13-15-48(58)63(53)23-6-10-56(68)90-65-54(66)19-20-55(65)67/h11-18,36-39H,5-10,19-35H2,1-4H3,(H4-,69,70,71,72,73,74,75,76,77,78,79,80,81,82,83)/p-4. The molecular weight excluding hydrogens is 1370 g/mol. The summed E-state index contributed by atoms with van der Waals surface area (Å²) in [4.78, 5) is 40.9. The average Bonchev–Trinajstić information content (AvgIpc) is 1.60. The molecule has 520 valence electrons. The first-order valence-electron chi connectivity index (χ1n) is 29.9. The first-order valence-corrected chi connectivity index (χ1v) is 37.5. The first kappa shape index (κ1) is 74.8. The van der Waals surface area contributed by atoms with Crippen LogP contribution in [0.3, 0.4) is 0 Å². The van der Waals surface area contributed by atoms with E-state index < -0.39 is 105 Å². The van der Waals surface area contributed by atoms with Gasteiger partial charge in [0.25, 0.3) is 11.8 Å². The van der Waals surface area contributed by atoms with Crippen molar-refractivity contribution in [2.24, 2.45) is 0 Å². The quantitative estimate of drug-likeness (QED) is 0.0249. The van der Waals surface area contributed by atoms with Crippen molar-refractivity contribution in [2.45, 2.75) is 108 Å². The van der Waals surface area contributed by atoms with Crippen molar-refractivity contribution in [1.29, 1.82) is 0 Å². The topological polar surface area (TPSA) is 411 Å². The molecule has 4 aromatic rings. The highest BCUT2D eigenvalue weighted by Crippen LogP contribution is 2.55. The Labute approximate surface area is 555 Å². The molecule has 1 aliphatic carbocycles. The summed E-state index contributed by atoms with van der Waals surface area (Å²) in [5.41, 5.74) is 0.207. The molecule has 0 spiro atoms. The Morgan fingerprint density at radius 1 is 0.600 bits per heavy atom. The monoisotopic (exact) mass is 1440 g/mol. The lowest BCUT2D eigenvalue weighted by Gasteiger charge is -2.31. The maximum Gasteiger partial charge on any atom is 0.333 e. The van der Waals surface area contributed by atoms with Crippen LogP contribution in [0.5, 0.6) is 0 Å². The molecule has 1 fully saturated rings. The SMILES string of the molecule is COCCOCCOCCOCCC1(C)/C(=C\C=C2/CCCC(/C=C/C3=[N+](CCOCCOC)c4ccc5c(S(=O)(=O)[O-])cc(S(=O)(=O)[O-])cc5c4C3(C)CCCS(=O)(=O)[O-])=C2Cl)N(CCCC(=O)ON2C(=O)CCC2=O)c2ccc3c(S(=O)(=O)[O-])cc(S(=O)(=O)[O-])cc3c21. The molecule has 28 nitrogen and oxygen atoms in total. The number of anilines is 1. The lowest BCUT2D eigenvalue weighted by molar-refractivity contribution is -0.442. The third-order valence-corrected chi connectivity index (χ3v) is 21.5. The number of hydrogen-bond acceptors (Lipinski definition) is 26. The van der Waals surface area contributed by atoms with Crippen molar-refractivity contribution < 1.29 is 117 Å². The number of carbonyl (C=O) groups excluding carboxylic acids is 3. The fourth-order valence-electron chi connectivity index (χ4n) is 12.4. The number of ether oxygens (including phenoxy) is 6. The van der Waals surface area contributed by atoms with E-state index in [1.54, 1.807) is 47.6 Å². The predicted molar refractivity (Wildman–Crippen MR) is 335 cm³/mol. The molecule has 2 unspecified atom stereocenters. The van der Waals surface area contributed by atoms with E-state index in [4.69, 9.17) is 44.9 Å². The van der Waals surface area contributed by atoms with Crippen LogP contribution in [0.1, 0.15) is 89.2 Å². The molecule has 95 heavy (non-hydrogen) atoms. The fraction of sp³-hybridized carbons (Fsp3) is 0.475. The second-order valence-corrected chi connectivity index (χ2v) is 30.4. The number of amides is 2. The number of carbonyl (C=O) groups is 3. The summed E-state index contributed by atoms with van der Waals surface area (Å²) < 4.78 is 225. The van der Waals surface area contributed by atoms with Crippen LogP contribution < -0.4 is 4.90 Å². The van der Waals surface area contributed by atoms with Crippen LogP contribution in [-0.4, -0.2) is 197 Å². The predicted octanol–water partition coefficient (Wildman–Crippen LogP) is 5.25. The Bertz CT molecular complexity index is 4400. The lowest BCUT2D eigenvalue weighted by atomic mass is 9.74. The second kappa shape index (κ2) is 30.8. The van der Waals surface area contributed by atoms with E-state index in [0.29, 0.717) is 83.6 Å². The molecular formula is C61H70ClN3O25S5-4. The third-order valence-electron chi connectivity index (χ3n) is 16.8. The van der Waals surface area contributed by atoms with Crippen LogP contribution in [-0.2, 0) is 109 Å². The van der Waals surface area contributed by atoms with Crippen molar-refractivity contribution >= 4 is 119 Å². The summed E-state index contributed by atoms with van der Waals surface area (Å²) >= 11 is 7.44. The molecule has 8 rings (SSSR count). The Morgan fingerprint density at radius 2 is 1.14 bits per heavy atom. The molecule has 2 amide bonds. The zero-order valence-electron chi connectivity index (χ0n) is 52.2. The summed E-state index contributed by atoms with van der Waals surface area (Å²) in [5, 5.41) is -0.0346. The van der Waals surface area contributed by atoms with Gasteiger partial charge in [-0.25, -0.2) is 46.9 Å². The zero-order chi connectivity index (χ0) is 69.5. The van der Waals surface area contributed by atoms with Gasteiger partial charge in [-0.15, -0.1) is 5.06 Å². The lowest BCUT2D eigenvalue weighted by Crippen LogP contribution is -2.33. The number of fused-ring (bicyclic) bond motifs is 6. The molecule has 0 bridgehead atoms. The van der Waals surface area contributed by atoms with E-state index in [1.165, 1.54) is 38.5 Å². The number of hydroxylamine groups is 2. The number of hydrogen-bond donors (Lipinski definition) is 0. The van der Waals surface area contributed by atoms with E-state index in [2.05, 4.69) is 0 Å². The van der Waals surface area contributed by atoms with Crippen LogP contribution in [0, 0.1) is 0 Å². The normalized spacial score (nSPS) is 19.9. The number of allylic oxidation sites excluding steroid dienone is 8. The van der Waals surface area contributed by atoms with Crippen LogP contribution in [0.4, 0.5) is 11.4 Å². The molecule has 0 N–H and O–H groups in total. The van der Waals surface area contributed by atoms with E-state index >= 15 is 0 Å². The Kier molecular flexibility index (Phi) is 24.3. The highest BCUT2D eigenvalue weighted by Gasteiger charge is 2.50. The van der Waals surface area contributed by atoms with Crippen LogP contribution in [0.15, 0.2) is 114 Å². The molecule has 34 heteroatoms. The van der Waals surface area contributed by atoms with E-state index in [9.17, 15) is 79.2 Å². The van der Waals surface area contributed by atoms with E-state index in [-0.39, 0.29) is 149 Å². The van der Waals surface area contributed by atoms with Gasteiger partial charge in [0, 0.05) is 97.3 Å². The van der Waals surface area contributed by atoms with Gasteiger partial charge in [0.05, 0.1) is 88.0 Å². The molecule has 0 radical (unpaired) electrons. The number of nitrogens with zero attached hydrogens (tertiary/aromatic N) is 3. The van der Waals surface area contributed by atoms with Crippen LogP contribution in [0.2, 0.25) is 0 Å². The molecule has 0 saturated carbocycles. The molecule has 1 saturated heterocycles. The Morgan fingerprint density at radius 3 is 1.68 bits per heavy atom.